The summed E-state index contributed by atoms with van der Waals surface area (Å²) in [6.45, 7) is 6.05. The van der Waals surface area contributed by atoms with Crippen LogP contribution in [-0.4, -0.2) is 18.5 Å². The molecule has 0 amide bonds. The van der Waals surface area contributed by atoms with Crippen LogP contribution in [0.25, 0.3) is 0 Å². The van der Waals surface area contributed by atoms with Crippen molar-refractivity contribution in [2.24, 2.45) is 0 Å². The van der Waals surface area contributed by atoms with Crippen molar-refractivity contribution in [1.29, 1.82) is 0 Å². The summed E-state index contributed by atoms with van der Waals surface area (Å²) in [6.07, 6.45) is 0. The molecule has 0 spiro atoms. The number of hydrogen-bond donors (Lipinski definition) is 0. The van der Waals surface area contributed by atoms with Crippen molar-refractivity contribution in [3.63, 3.8) is 0 Å². The molecule has 0 N–H and O–H groups in total. The minimum absolute atomic E-state index is 0.704. The Kier molecular flexibility index (Phi) is 4.24. The summed E-state index contributed by atoms with van der Waals surface area (Å²) in [6, 6.07) is 3.75. The van der Waals surface area contributed by atoms with Gasteiger partial charge in [0.2, 0.25) is 0 Å². The van der Waals surface area contributed by atoms with E-state index in [-0.39, 0.29) is 0 Å². The SMILES string of the molecule is CCN(C)Cc1c(C)cc(Cl)cc1Cl. The molecular weight excluding hydrogens is 217 g/mol. The highest BCUT2D eigenvalue weighted by Crippen LogP contribution is 2.25. The third-order valence-corrected chi connectivity index (χ3v) is 2.91. The largest absolute Gasteiger partial charge is 0.302 e. The highest BCUT2D eigenvalue weighted by atomic mass is 35.5. The summed E-state index contributed by atoms with van der Waals surface area (Å²) in [5.74, 6) is 0. The zero-order chi connectivity index (χ0) is 10.7. The Morgan fingerprint density at radius 3 is 2.43 bits per heavy atom. The Labute approximate surface area is 95.6 Å². The van der Waals surface area contributed by atoms with E-state index in [1.165, 1.54) is 5.56 Å². The molecule has 1 rings (SSSR count). The van der Waals surface area contributed by atoms with Gasteiger partial charge < -0.3 is 4.90 Å². The average molecular weight is 232 g/mol. The van der Waals surface area contributed by atoms with E-state index in [4.69, 9.17) is 23.2 Å². The Hall–Kier alpha value is -0.240. The molecule has 1 aromatic carbocycles. The molecule has 0 saturated carbocycles. The Morgan fingerprint density at radius 2 is 1.93 bits per heavy atom. The van der Waals surface area contributed by atoms with E-state index in [0.717, 1.165) is 23.7 Å². The van der Waals surface area contributed by atoms with Gasteiger partial charge in [0.05, 0.1) is 0 Å². The first kappa shape index (κ1) is 11.8. The van der Waals surface area contributed by atoms with Gasteiger partial charge in [0.1, 0.15) is 0 Å². The van der Waals surface area contributed by atoms with Gasteiger partial charge in [-0.2, -0.15) is 0 Å². The summed E-state index contributed by atoms with van der Waals surface area (Å²) in [5, 5.41) is 1.46. The van der Waals surface area contributed by atoms with Crippen LogP contribution in [0.15, 0.2) is 12.1 Å². The molecule has 0 bridgehead atoms. The van der Waals surface area contributed by atoms with Crippen molar-refractivity contribution in [1.82, 2.24) is 4.90 Å². The zero-order valence-electron chi connectivity index (χ0n) is 8.77. The maximum atomic E-state index is 6.12. The minimum atomic E-state index is 0.704. The van der Waals surface area contributed by atoms with Gasteiger partial charge in [-0.15, -0.1) is 0 Å². The van der Waals surface area contributed by atoms with Crippen LogP contribution in [0.5, 0.6) is 0 Å². The Bertz CT molecular complexity index is 300. The second-order valence-corrected chi connectivity index (χ2v) is 4.36. The average Bonchev–Trinajstić information content (AvgIpc) is 2.10. The molecule has 0 aliphatic rings. The van der Waals surface area contributed by atoms with Crippen molar-refractivity contribution in [3.8, 4) is 0 Å². The fourth-order valence-corrected chi connectivity index (χ4v) is 1.97. The van der Waals surface area contributed by atoms with E-state index in [1.807, 2.05) is 13.0 Å². The maximum Gasteiger partial charge on any atom is 0.0468 e. The van der Waals surface area contributed by atoms with Crippen LogP contribution >= 0.6 is 23.2 Å². The van der Waals surface area contributed by atoms with Crippen molar-refractivity contribution >= 4 is 23.2 Å². The maximum absolute atomic E-state index is 6.12. The third kappa shape index (κ3) is 2.88. The molecule has 78 valence electrons. The van der Waals surface area contributed by atoms with Gasteiger partial charge in [-0.25, -0.2) is 0 Å². The lowest BCUT2D eigenvalue weighted by molar-refractivity contribution is 0.345. The van der Waals surface area contributed by atoms with Crippen LogP contribution in [0.4, 0.5) is 0 Å². The number of benzene rings is 1. The third-order valence-electron chi connectivity index (χ3n) is 2.35. The van der Waals surface area contributed by atoms with Crippen molar-refractivity contribution in [2.45, 2.75) is 20.4 Å². The predicted octanol–water partition coefficient (Wildman–Crippen LogP) is 3.75. The van der Waals surface area contributed by atoms with Gasteiger partial charge in [-0.1, -0.05) is 30.1 Å². The Morgan fingerprint density at radius 1 is 1.29 bits per heavy atom. The fraction of sp³-hybridized carbons (Fsp3) is 0.455. The quantitative estimate of drug-likeness (QED) is 0.767. The highest BCUT2D eigenvalue weighted by Gasteiger charge is 2.07. The molecular formula is C11H15Cl2N. The highest BCUT2D eigenvalue weighted by molar-refractivity contribution is 6.35. The molecule has 0 unspecified atom stereocenters. The minimum Gasteiger partial charge on any atom is -0.302 e. The summed E-state index contributed by atoms with van der Waals surface area (Å²) < 4.78 is 0. The normalized spacial score (nSPS) is 11.0. The lowest BCUT2D eigenvalue weighted by Gasteiger charge is -2.17. The molecule has 0 radical (unpaired) electrons. The van der Waals surface area contributed by atoms with Crippen LogP contribution in [0.2, 0.25) is 10.0 Å². The van der Waals surface area contributed by atoms with E-state index in [9.17, 15) is 0 Å². The van der Waals surface area contributed by atoms with Gasteiger partial charge in [0.15, 0.2) is 0 Å². The molecule has 0 aromatic heterocycles. The second kappa shape index (κ2) is 5.01. The number of hydrogen-bond acceptors (Lipinski definition) is 1. The molecule has 3 heteroatoms. The number of rotatable bonds is 3. The second-order valence-electron chi connectivity index (χ2n) is 3.51. The first-order valence-corrected chi connectivity index (χ1v) is 5.43. The Balaban J connectivity index is 2.96. The molecule has 0 aliphatic carbocycles. The molecule has 0 aliphatic heterocycles. The van der Waals surface area contributed by atoms with Crippen LogP contribution in [0, 0.1) is 6.92 Å². The van der Waals surface area contributed by atoms with Crippen LogP contribution in [0.1, 0.15) is 18.1 Å². The molecule has 1 nitrogen and oxygen atoms in total. The monoisotopic (exact) mass is 231 g/mol. The number of halogens is 2. The van der Waals surface area contributed by atoms with Crippen LogP contribution in [0.3, 0.4) is 0 Å². The van der Waals surface area contributed by atoms with E-state index >= 15 is 0 Å². The van der Waals surface area contributed by atoms with E-state index in [1.54, 1.807) is 6.07 Å². The zero-order valence-corrected chi connectivity index (χ0v) is 10.3. The van der Waals surface area contributed by atoms with Crippen molar-refractivity contribution in [3.05, 3.63) is 33.3 Å². The molecule has 0 fully saturated rings. The predicted molar refractivity (Wildman–Crippen MR) is 63.2 cm³/mol. The fourth-order valence-electron chi connectivity index (χ4n) is 1.31. The smallest absolute Gasteiger partial charge is 0.0468 e. The molecule has 0 atom stereocenters. The van der Waals surface area contributed by atoms with Gasteiger partial charge >= 0.3 is 0 Å². The first-order valence-electron chi connectivity index (χ1n) is 4.67. The number of aryl methyl sites for hydroxylation is 1. The molecule has 0 heterocycles. The standard InChI is InChI=1S/C11H15Cl2N/c1-4-14(3)7-10-8(2)5-9(12)6-11(10)13/h5-6H,4,7H2,1-3H3. The van der Waals surface area contributed by atoms with Gasteiger partial charge in [-0.05, 0) is 43.8 Å². The van der Waals surface area contributed by atoms with Crippen LogP contribution in [-0.2, 0) is 6.54 Å². The summed E-state index contributed by atoms with van der Waals surface area (Å²) in [7, 11) is 2.07. The lowest BCUT2D eigenvalue weighted by atomic mass is 10.1. The summed E-state index contributed by atoms with van der Waals surface area (Å²) in [5.41, 5.74) is 2.32. The van der Waals surface area contributed by atoms with Gasteiger partial charge in [0.25, 0.3) is 0 Å². The van der Waals surface area contributed by atoms with Crippen molar-refractivity contribution in [2.75, 3.05) is 13.6 Å². The van der Waals surface area contributed by atoms with Gasteiger partial charge in [0, 0.05) is 16.6 Å². The molecule has 1 aromatic rings. The molecule has 0 saturated heterocycles. The van der Waals surface area contributed by atoms with Crippen molar-refractivity contribution < 1.29 is 0 Å². The van der Waals surface area contributed by atoms with E-state index in [2.05, 4.69) is 18.9 Å². The summed E-state index contributed by atoms with van der Waals surface area (Å²) >= 11 is 12.0. The lowest BCUT2D eigenvalue weighted by Crippen LogP contribution is -2.17. The van der Waals surface area contributed by atoms with Gasteiger partial charge in [-0.3, -0.25) is 0 Å². The first-order chi connectivity index (χ1) is 6.54. The van der Waals surface area contributed by atoms with E-state index in [0.29, 0.717) is 5.02 Å². The number of nitrogens with zero attached hydrogens (tertiary/aromatic N) is 1. The van der Waals surface area contributed by atoms with Crippen LogP contribution < -0.4 is 0 Å². The summed E-state index contributed by atoms with van der Waals surface area (Å²) in [4.78, 5) is 2.21. The van der Waals surface area contributed by atoms with E-state index < -0.39 is 0 Å². The molecule has 14 heavy (non-hydrogen) atoms. The topological polar surface area (TPSA) is 3.24 Å².